The number of ether oxygens (including phenoxy) is 1. The van der Waals surface area contributed by atoms with Gasteiger partial charge in [-0.1, -0.05) is 12.8 Å². The minimum Gasteiger partial charge on any atom is -0.481 e. The molecule has 1 aliphatic heterocycles. The Hall–Kier alpha value is -2.82. The Labute approximate surface area is 166 Å². The third-order valence-corrected chi connectivity index (χ3v) is 5.05. The second kappa shape index (κ2) is 9.40. The molecule has 1 atom stereocenters. The van der Waals surface area contributed by atoms with Crippen molar-refractivity contribution in [1.29, 1.82) is 0 Å². The van der Waals surface area contributed by atoms with Crippen molar-refractivity contribution in [2.45, 2.75) is 45.6 Å². The van der Waals surface area contributed by atoms with Crippen LogP contribution in [0.4, 0.5) is 11.4 Å². The van der Waals surface area contributed by atoms with Gasteiger partial charge in [0.25, 0.3) is 5.91 Å². The van der Waals surface area contributed by atoms with Gasteiger partial charge in [-0.15, -0.1) is 0 Å². The van der Waals surface area contributed by atoms with E-state index in [9.17, 15) is 9.59 Å². The van der Waals surface area contributed by atoms with Crippen LogP contribution in [-0.4, -0.2) is 30.9 Å². The molecule has 1 saturated heterocycles. The molecule has 1 amide bonds. The highest BCUT2D eigenvalue weighted by Gasteiger charge is 2.16. The minimum atomic E-state index is -0.645. The Balaban J connectivity index is 1.55. The maximum atomic E-state index is 12.4. The van der Waals surface area contributed by atoms with Crippen molar-refractivity contribution in [3.63, 3.8) is 0 Å². The molecular formula is C23H28N2O3. The minimum absolute atomic E-state index is 0.000893. The first-order valence-electron chi connectivity index (χ1n) is 9.96. The zero-order chi connectivity index (χ0) is 19.9. The summed E-state index contributed by atoms with van der Waals surface area (Å²) in [4.78, 5) is 26.2. The third kappa shape index (κ3) is 5.35. The van der Waals surface area contributed by atoms with Gasteiger partial charge in [0, 0.05) is 30.0 Å². The third-order valence-electron chi connectivity index (χ3n) is 5.05. The predicted molar refractivity (Wildman–Crippen MR) is 112 cm³/mol. The molecule has 1 aliphatic rings. The van der Waals surface area contributed by atoms with E-state index in [1.54, 1.807) is 31.2 Å². The van der Waals surface area contributed by atoms with Crippen LogP contribution in [0, 0.1) is 0 Å². The van der Waals surface area contributed by atoms with Gasteiger partial charge in [-0.3, -0.25) is 9.59 Å². The van der Waals surface area contributed by atoms with Crippen molar-refractivity contribution in [3.8, 4) is 5.75 Å². The molecule has 1 fully saturated rings. The van der Waals surface area contributed by atoms with E-state index in [1.165, 1.54) is 38.3 Å². The monoisotopic (exact) mass is 380 g/mol. The van der Waals surface area contributed by atoms with E-state index in [-0.39, 0.29) is 11.7 Å². The Morgan fingerprint density at radius 2 is 1.54 bits per heavy atom. The van der Waals surface area contributed by atoms with Gasteiger partial charge in [0.2, 0.25) is 0 Å². The second-order valence-corrected chi connectivity index (χ2v) is 7.28. The Morgan fingerprint density at radius 3 is 2.11 bits per heavy atom. The van der Waals surface area contributed by atoms with Gasteiger partial charge < -0.3 is 15.0 Å². The van der Waals surface area contributed by atoms with Crippen LogP contribution >= 0.6 is 0 Å². The summed E-state index contributed by atoms with van der Waals surface area (Å²) in [5.41, 5.74) is 2.58. The zero-order valence-corrected chi connectivity index (χ0v) is 16.6. The SMILES string of the molecule is CC(=O)c1ccc(O[C@@H](C)C(=O)Nc2ccc(N3CCCCCC3)cc2)cc1. The maximum Gasteiger partial charge on any atom is 0.265 e. The van der Waals surface area contributed by atoms with Crippen LogP contribution in [0.3, 0.4) is 0 Å². The number of hydrogen-bond acceptors (Lipinski definition) is 4. The highest BCUT2D eigenvalue weighted by atomic mass is 16.5. The highest BCUT2D eigenvalue weighted by Crippen LogP contribution is 2.22. The molecule has 5 nitrogen and oxygen atoms in total. The predicted octanol–water partition coefficient (Wildman–Crippen LogP) is 4.68. The molecule has 2 aromatic carbocycles. The number of carbonyl (C=O) groups excluding carboxylic acids is 2. The Bertz CT molecular complexity index is 792. The summed E-state index contributed by atoms with van der Waals surface area (Å²) in [7, 11) is 0. The van der Waals surface area contributed by atoms with E-state index in [0.717, 1.165) is 18.8 Å². The van der Waals surface area contributed by atoms with Crippen molar-refractivity contribution in [2.24, 2.45) is 0 Å². The molecule has 28 heavy (non-hydrogen) atoms. The normalized spacial score (nSPS) is 15.4. The number of anilines is 2. The topological polar surface area (TPSA) is 58.6 Å². The van der Waals surface area contributed by atoms with E-state index in [1.807, 2.05) is 12.1 Å². The van der Waals surface area contributed by atoms with Gasteiger partial charge in [-0.05, 0) is 75.2 Å². The summed E-state index contributed by atoms with van der Waals surface area (Å²) >= 11 is 0. The van der Waals surface area contributed by atoms with E-state index in [0.29, 0.717) is 11.3 Å². The largest absolute Gasteiger partial charge is 0.481 e. The molecule has 0 aromatic heterocycles. The lowest BCUT2D eigenvalue weighted by molar-refractivity contribution is -0.122. The standard InChI is InChI=1S/C23H28N2O3/c1-17(26)19-7-13-22(14-8-19)28-18(2)23(27)24-20-9-11-21(12-10-20)25-15-5-3-4-6-16-25/h7-14,18H,3-6,15-16H2,1-2H3,(H,24,27)/t18-/m0/s1. The van der Waals surface area contributed by atoms with Gasteiger partial charge >= 0.3 is 0 Å². The lowest BCUT2D eigenvalue weighted by atomic mass is 10.1. The number of hydrogen-bond donors (Lipinski definition) is 1. The fourth-order valence-electron chi connectivity index (χ4n) is 3.35. The average molecular weight is 380 g/mol. The number of ketones is 1. The molecular weight excluding hydrogens is 352 g/mol. The van der Waals surface area contributed by atoms with Crippen LogP contribution < -0.4 is 15.0 Å². The van der Waals surface area contributed by atoms with E-state index < -0.39 is 6.10 Å². The van der Waals surface area contributed by atoms with E-state index in [4.69, 9.17) is 4.74 Å². The fraction of sp³-hybridized carbons (Fsp3) is 0.391. The summed E-state index contributed by atoms with van der Waals surface area (Å²) in [6, 6.07) is 14.8. The van der Waals surface area contributed by atoms with E-state index in [2.05, 4.69) is 22.3 Å². The average Bonchev–Trinajstić information content (AvgIpc) is 2.98. The molecule has 0 aliphatic carbocycles. The highest BCUT2D eigenvalue weighted by molar-refractivity contribution is 5.95. The molecule has 2 aromatic rings. The Morgan fingerprint density at radius 1 is 0.929 bits per heavy atom. The molecule has 0 saturated carbocycles. The van der Waals surface area contributed by atoms with Crippen LogP contribution in [0.2, 0.25) is 0 Å². The zero-order valence-electron chi connectivity index (χ0n) is 16.6. The van der Waals surface area contributed by atoms with Crippen molar-refractivity contribution < 1.29 is 14.3 Å². The number of rotatable bonds is 6. The summed E-state index contributed by atoms with van der Waals surface area (Å²) in [5, 5.41) is 2.90. The van der Waals surface area contributed by atoms with Crippen LogP contribution in [-0.2, 0) is 4.79 Å². The van der Waals surface area contributed by atoms with E-state index >= 15 is 0 Å². The van der Waals surface area contributed by atoms with Crippen LogP contribution in [0.25, 0.3) is 0 Å². The summed E-state index contributed by atoms with van der Waals surface area (Å²) in [5.74, 6) is 0.350. The molecule has 148 valence electrons. The van der Waals surface area contributed by atoms with Crippen LogP contribution in [0.1, 0.15) is 49.9 Å². The van der Waals surface area contributed by atoms with Crippen LogP contribution in [0.5, 0.6) is 5.75 Å². The molecule has 0 bridgehead atoms. The first-order chi connectivity index (χ1) is 13.5. The molecule has 0 spiro atoms. The number of Topliss-reactive ketones (excluding diaryl/α,β-unsaturated/α-hetero) is 1. The number of nitrogens with one attached hydrogen (secondary N) is 1. The molecule has 1 heterocycles. The van der Waals surface area contributed by atoms with Gasteiger partial charge in [0.1, 0.15) is 5.75 Å². The molecule has 3 rings (SSSR count). The molecule has 1 N–H and O–H groups in total. The number of nitrogens with zero attached hydrogens (tertiary/aromatic N) is 1. The molecule has 5 heteroatoms. The summed E-state index contributed by atoms with van der Waals surface area (Å²) in [6.45, 7) is 5.42. The number of benzene rings is 2. The second-order valence-electron chi connectivity index (χ2n) is 7.28. The van der Waals surface area contributed by atoms with Crippen molar-refractivity contribution in [3.05, 3.63) is 54.1 Å². The van der Waals surface area contributed by atoms with Gasteiger partial charge in [-0.2, -0.15) is 0 Å². The summed E-state index contributed by atoms with van der Waals surface area (Å²) in [6.07, 6.45) is 4.44. The van der Waals surface area contributed by atoms with Crippen molar-refractivity contribution >= 4 is 23.1 Å². The fourth-order valence-corrected chi connectivity index (χ4v) is 3.35. The number of carbonyl (C=O) groups is 2. The van der Waals surface area contributed by atoms with Crippen molar-refractivity contribution in [2.75, 3.05) is 23.3 Å². The quantitative estimate of drug-likeness (QED) is 0.740. The first kappa shape index (κ1) is 19.9. The summed E-state index contributed by atoms with van der Waals surface area (Å²) < 4.78 is 5.68. The van der Waals surface area contributed by atoms with Crippen LogP contribution in [0.15, 0.2) is 48.5 Å². The Kier molecular flexibility index (Phi) is 6.69. The van der Waals surface area contributed by atoms with Gasteiger partial charge in [0.05, 0.1) is 0 Å². The number of amides is 1. The van der Waals surface area contributed by atoms with Crippen molar-refractivity contribution in [1.82, 2.24) is 0 Å². The smallest absolute Gasteiger partial charge is 0.265 e. The molecule has 0 unspecified atom stereocenters. The molecule has 0 radical (unpaired) electrons. The van der Waals surface area contributed by atoms with Gasteiger partial charge in [-0.25, -0.2) is 0 Å². The van der Waals surface area contributed by atoms with Gasteiger partial charge in [0.15, 0.2) is 11.9 Å². The maximum absolute atomic E-state index is 12.4. The lowest BCUT2D eigenvalue weighted by Gasteiger charge is -2.23. The lowest BCUT2D eigenvalue weighted by Crippen LogP contribution is -2.30. The first-order valence-corrected chi connectivity index (χ1v) is 9.96.